The van der Waals surface area contributed by atoms with Gasteiger partial charge >= 0.3 is 0 Å². The van der Waals surface area contributed by atoms with Gasteiger partial charge in [-0.05, 0) is 34.5 Å². The zero-order valence-corrected chi connectivity index (χ0v) is 12.1. The summed E-state index contributed by atoms with van der Waals surface area (Å²) < 4.78 is 12.1. The lowest BCUT2D eigenvalue weighted by Gasteiger charge is -2.38. The molecule has 0 bridgehead atoms. The molecule has 0 radical (unpaired) electrons. The number of carbonyl (C=O) groups excluding carboxylic acids is 1. The Hall–Kier alpha value is -0.980. The van der Waals surface area contributed by atoms with Gasteiger partial charge in [-0.15, -0.1) is 0 Å². The van der Waals surface area contributed by atoms with E-state index in [9.17, 15) is 4.79 Å². The number of piperidine rings is 1. The maximum absolute atomic E-state index is 12.4. The van der Waals surface area contributed by atoms with Crippen LogP contribution < -0.4 is 0 Å². The molecule has 5 nitrogen and oxygen atoms in total. The maximum atomic E-state index is 12.4. The molecule has 0 aliphatic carbocycles. The summed E-state index contributed by atoms with van der Waals surface area (Å²) in [6.45, 7) is 2.47. The third-order valence-electron chi connectivity index (χ3n) is 3.49. The number of hydrogen-bond acceptors (Lipinski definition) is 4. The van der Waals surface area contributed by atoms with Crippen molar-refractivity contribution in [3.05, 3.63) is 28.5 Å². The number of likely N-dealkylation sites (tertiary alicyclic amines) is 1. The Morgan fingerprint density at radius 3 is 2.84 bits per heavy atom. The summed E-state index contributed by atoms with van der Waals surface area (Å²) in [6, 6.07) is 3.55. The lowest BCUT2D eigenvalue weighted by atomic mass is 10.0. The van der Waals surface area contributed by atoms with Gasteiger partial charge in [-0.2, -0.15) is 0 Å². The van der Waals surface area contributed by atoms with Crippen LogP contribution in [-0.4, -0.2) is 47.9 Å². The van der Waals surface area contributed by atoms with Crippen molar-refractivity contribution in [1.29, 1.82) is 0 Å². The highest BCUT2D eigenvalue weighted by atomic mass is 79.9. The Bertz CT molecular complexity index is 471. The van der Waals surface area contributed by atoms with Crippen molar-refractivity contribution < 1.29 is 14.3 Å². The summed E-state index contributed by atoms with van der Waals surface area (Å²) in [5, 5.41) is 0. The topological polar surface area (TPSA) is 51.7 Å². The molecule has 6 heteroatoms. The van der Waals surface area contributed by atoms with Crippen LogP contribution in [0.25, 0.3) is 0 Å². The first-order chi connectivity index (χ1) is 9.19. The van der Waals surface area contributed by atoms with Crippen LogP contribution in [0.5, 0.6) is 0 Å². The molecule has 1 aromatic rings. The molecule has 3 rings (SSSR count). The highest BCUT2D eigenvalue weighted by Crippen LogP contribution is 2.30. The van der Waals surface area contributed by atoms with Crippen molar-refractivity contribution in [3.8, 4) is 0 Å². The maximum Gasteiger partial charge on any atom is 0.255 e. The van der Waals surface area contributed by atoms with Gasteiger partial charge in [-0.1, -0.05) is 0 Å². The Balaban J connectivity index is 1.74. The number of amides is 1. The first-order valence-corrected chi connectivity index (χ1v) is 7.17. The van der Waals surface area contributed by atoms with Gasteiger partial charge in [0.2, 0.25) is 0 Å². The standard InChI is InChI=1S/C13H15BrN2O3/c14-11-3-2-10(8-15-11)12(17)16-5-1-4-13(9-16)18-6-7-19-13/h2-3,8H,1,4-7,9H2. The number of hydrogen-bond donors (Lipinski definition) is 0. The van der Waals surface area contributed by atoms with Crippen LogP contribution >= 0.6 is 15.9 Å². The first kappa shape index (κ1) is 13.0. The van der Waals surface area contributed by atoms with Crippen molar-refractivity contribution in [2.24, 2.45) is 0 Å². The van der Waals surface area contributed by atoms with Crippen LogP contribution in [0.3, 0.4) is 0 Å². The largest absolute Gasteiger partial charge is 0.346 e. The fourth-order valence-corrected chi connectivity index (χ4v) is 2.81. The lowest BCUT2D eigenvalue weighted by Crippen LogP contribution is -2.51. The molecule has 0 N–H and O–H groups in total. The van der Waals surface area contributed by atoms with Crippen molar-refractivity contribution in [2.75, 3.05) is 26.3 Å². The van der Waals surface area contributed by atoms with Gasteiger partial charge in [0.05, 0.1) is 25.3 Å². The number of nitrogens with zero attached hydrogens (tertiary/aromatic N) is 2. The van der Waals surface area contributed by atoms with E-state index in [1.807, 2.05) is 0 Å². The molecule has 0 unspecified atom stereocenters. The van der Waals surface area contributed by atoms with Crippen molar-refractivity contribution >= 4 is 21.8 Å². The van der Waals surface area contributed by atoms with E-state index in [4.69, 9.17) is 9.47 Å². The number of ether oxygens (including phenoxy) is 2. The highest BCUT2D eigenvalue weighted by Gasteiger charge is 2.42. The summed E-state index contributed by atoms with van der Waals surface area (Å²) in [7, 11) is 0. The molecule has 2 aliphatic heterocycles. The van der Waals surface area contributed by atoms with Gasteiger partial charge in [0, 0.05) is 19.2 Å². The number of rotatable bonds is 1. The van der Waals surface area contributed by atoms with E-state index in [0.29, 0.717) is 25.3 Å². The van der Waals surface area contributed by atoms with Gasteiger partial charge < -0.3 is 14.4 Å². The van der Waals surface area contributed by atoms with E-state index in [2.05, 4.69) is 20.9 Å². The smallest absolute Gasteiger partial charge is 0.255 e. The van der Waals surface area contributed by atoms with Gasteiger partial charge in [0.15, 0.2) is 5.79 Å². The Kier molecular flexibility index (Phi) is 3.56. The van der Waals surface area contributed by atoms with Crippen molar-refractivity contribution in [2.45, 2.75) is 18.6 Å². The van der Waals surface area contributed by atoms with Crippen molar-refractivity contribution in [1.82, 2.24) is 9.88 Å². The molecule has 2 saturated heterocycles. The lowest BCUT2D eigenvalue weighted by molar-refractivity contribution is -0.183. The summed E-state index contributed by atoms with van der Waals surface area (Å²) >= 11 is 3.26. The van der Waals surface area contributed by atoms with Crippen LogP contribution in [0, 0.1) is 0 Å². The third kappa shape index (κ3) is 2.66. The van der Waals surface area contributed by atoms with E-state index < -0.39 is 5.79 Å². The van der Waals surface area contributed by atoms with Crippen LogP contribution in [0.15, 0.2) is 22.9 Å². The molecular formula is C13H15BrN2O3. The number of carbonyl (C=O) groups is 1. The molecule has 1 aromatic heterocycles. The van der Waals surface area contributed by atoms with E-state index >= 15 is 0 Å². The number of aromatic nitrogens is 1. The second-order valence-electron chi connectivity index (χ2n) is 4.81. The van der Waals surface area contributed by atoms with Crippen LogP contribution in [0.1, 0.15) is 23.2 Å². The Morgan fingerprint density at radius 1 is 1.37 bits per heavy atom. The van der Waals surface area contributed by atoms with Crippen LogP contribution in [-0.2, 0) is 9.47 Å². The minimum absolute atomic E-state index is 0.0156. The Labute approximate surface area is 120 Å². The minimum Gasteiger partial charge on any atom is -0.346 e. The quantitative estimate of drug-likeness (QED) is 0.739. The average molecular weight is 327 g/mol. The molecule has 1 spiro atoms. The van der Waals surface area contributed by atoms with E-state index in [0.717, 1.165) is 24.0 Å². The van der Waals surface area contributed by atoms with Crippen LogP contribution in [0.4, 0.5) is 0 Å². The number of pyridine rings is 1. The Morgan fingerprint density at radius 2 is 2.16 bits per heavy atom. The molecule has 0 atom stereocenters. The second kappa shape index (κ2) is 5.19. The highest BCUT2D eigenvalue weighted by molar-refractivity contribution is 9.10. The van der Waals surface area contributed by atoms with Crippen molar-refractivity contribution in [3.63, 3.8) is 0 Å². The predicted octanol–water partition coefficient (Wildman–Crippen LogP) is 1.82. The SMILES string of the molecule is O=C(c1ccc(Br)nc1)N1CCCC2(C1)OCCO2. The molecular weight excluding hydrogens is 312 g/mol. The van der Waals surface area contributed by atoms with E-state index in [-0.39, 0.29) is 5.91 Å². The zero-order valence-electron chi connectivity index (χ0n) is 10.5. The predicted molar refractivity (Wildman–Crippen MR) is 71.7 cm³/mol. The third-order valence-corrected chi connectivity index (χ3v) is 3.96. The molecule has 19 heavy (non-hydrogen) atoms. The molecule has 3 heterocycles. The molecule has 0 saturated carbocycles. The van der Waals surface area contributed by atoms with Crippen LogP contribution in [0.2, 0.25) is 0 Å². The number of halogens is 1. The van der Waals surface area contributed by atoms with Gasteiger partial charge in [-0.3, -0.25) is 4.79 Å². The first-order valence-electron chi connectivity index (χ1n) is 6.37. The summed E-state index contributed by atoms with van der Waals surface area (Å²) in [6.07, 6.45) is 3.34. The zero-order chi connectivity index (χ0) is 13.3. The summed E-state index contributed by atoms with van der Waals surface area (Å²) in [4.78, 5) is 18.3. The summed E-state index contributed by atoms with van der Waals surface area (Å²) in [5.41, 5.74) is 0.596. The average Bonchev–Trinajstić information content (AvgIpc) is 2.87. The van der Waals surface area contributed by atoms with Gasteiger partial charge in [0.1, 0.15) is 4.60 Å². The fourth-order valence-electron chi connectivity index (χ4n) is 2.58. The second-order valence-corrected chi connectivity index (χ2v) is 5.62. The summed E-state index contributed by atoms with van der Waals surface area (Å²) in [5.74, 6) is -0.588. The molecule has 2 fully saturated rings. The van der Waals surface area contributed by atoms with Gasteiger partial charge in [-0.25, -0.2) is 4.98 Å². The molecule has 102 valence electrons. The normalized spacial score (nSPS) is 21.8. The molecule has 0 aromatic carbocycles. The molecule has 1 amide bonds. The van der Waals surface area contributed by atoms with E-state index in [1.165, 1.54) is 0 Å². The fraction of sp³-hybridized carbons (Fsp3) is 0.538. The van der Waals surface area contributed by atoms with Gasteiger partial charge in [0.25, 0.3) is 5.91 Å². The monoisotopic (exact) mass is 326 g/mol. The molecule has 2 aliphatic rings. The minimum atomic E-state index is -0.573. The van der Waals surface area contributed by atoms with E-state index in [1.54, 1.807) is 23.2 Å².